The van der Waals surface area contributed by atoms with Gasteiger partial charge in [-0.05, 0) is 19.3 Å². The predicted molar refractivity (Wildman–Crippen MR) is 49.8 cm³/mol. The molecule has 1 rings (SSSR count). The second-order valence-electron chi connectivity index (χ2n) is 2.77. The van der Waals surface area contributed by atoms with Crippen molar-refractivity contribution in [2.75, 3.05) is 6.54 Å². The first-order valence-corrected chi connectivity index (χ1v) is 4.38. The van der Waals surface area contributed by atoms with E-state index in [2.05, 4.69) is 23.6 Å². The number of carbonyl (C=O) groups is 1. The normalized spacial score (nSPS) is 21.2. The smallest absolute Gasteiger partial charge is 0.418 e. The van der Waals surface area contributed by atoms with Crippen LogP contribution >= 0.6 is 0 Å². The molecule has 6 heteroatoms. The third kappa shape index (κ3) is 7.51. The molecule has 0 aliphatic carbocycles. The molecule has 1 aliphatic heterocycles. The molecule has 0 spiro atoms. The third-order valence-corrected chi connectivity index (χ3v) is 1.78. The molecule has 1 heterocycles. The number of rotatable bonds is 1. The molecule has 6 nitrogen and oxygen atoms in total. The fourth-order valence-electron chi connectivity index (χ4n) is 1.03. The quantitative estimate of drug-likeness (QED) is 0.224. The topological polar surface area (TPSA) is 99.4 Å². The predicted octanol–water partition coefficient (Wildman–Crippen LogP) is -0.219. The number of hydrogen-bond acceptors (Lipinski definition) is 4. The van der Waals surface area contributed by atoms with Gasteiger partial charge in [0.05, 0.1) is 0 Å². The summed E-state index contributed by atoms with van der Waals surface area (Å²) >= 11 is 0. The fourth-order valence-corrected chi connectivity index (χ4v) is 1.03. The van der Waals surface area contributed by atoms with E-state index in [9.17, 15) is 0 Å². The Kier molecular flexibility index (Phi) is 7.27. The van der Waals surface area contributed by atoms with Crippen molar-refractivity contribution in [3.05, 3.63) is 0 Å². The van der Waals surface area contributed by atoms with Gasteiger partial charge in [-0.3, -0.25) is 16.3 Å². The SMILES string of the molecule is CCC1CCCNN1.NNC(=O)O. The van der Waals surface area contributed by atoms with Crippen molar-refractivity contribution in [3.8, 4) is 0 Å². The van der Waals surface area contributed by atoms with Crippen LogP contribution in [0.2, 0.25) is 0 Å². The first kappa shape index (κ1) is 12.2. The number of nitrogens with one attached hydrogen (secondary N) is 3. The molecule has 1 saturated heterocycles. The molecular weight excluding hydrogens is 172 g/mol. The zero-order chi connectivity index (χ0) is 10.1. The van der Waals surface area contributed by atoms with E-state index in [0.717, 1.165) is 12.6 Å². The lowest BCUT2D eigenvalue weighted by atomic mass is 10.1. The summed E-state index contributed by atoms with van der Waals surface area (Å²) in [4.78, 5) is 9.13. The molecular formula is C7H18N4O2. The van der Waals surface area contributed by atoms with Gasteiger partial charge in [0.1, 0.15) is 0 Å². The van der Waals surface area contributed by atoms with Crippen LogP contribution in [0.5, 0.6) is 0 Å². The van der Waals surface area contributed by atoms with Gasteiger partial charge in [0, 0.05) is 12.6 Å². The summed E-state index contributed by atoms with van der Waals surface area (Å²) in [6.45, 7) is 3.35. The Morgan fingerprint density at radius 3 is 2.62 bits per heavy atom. The number of amides is 1. The van der Waals surface area contributed by atoms with E-state index >= 15 is 0 Å². The lowest BCUT2D eigenvalue weighted by molar-refractivity contribution is 0.194. The van der Waals surface area contributed by atoms with E-state index in [1.807, 2.05) is 0 Å². The molecule has 1 atom stereocenters. The number of carboxylic acid groups (broad SMARTS) is 1. The summed E-state index contributed by atoms with van der Waals surface area (Å²) < 4.78 is 0. The lowest BCUT2D eigenvalue weighted by Gasteiger charge is -2.22. The number of hydrazine groups is 2. The molecule has 13 heavy (non-hydrogen) atoms. The van der Waals surface area contributed by atoms with Crippen molar-refractivity contribution in [2.45, 2.75) is 32.2 Å². The van der Waals surface area contributed by atoms with Crippen molar-refractivity contribution in [2.24, 2.45) is 5.84 Å². The monoisotopic (exact) mass is 190 g/mol. The summed E-state index contributed by atoms with van der Waals surface area (Å²) in [5, 5.41) is 7.49. The summed E-state index contributed by atoms with van der Waals surface area (Å²) in [6, 6.07) is 0.726. The van der Waals surface area contributed by atoms with Gasteiger partial charge >= 0.3 is 6.09 Å². The van der Waals surface area contributed by atoms with Crippen LogP contribution in [0.25, 0.3) is 0 Å². The highest BCUT2D eigenvalue weighted by Crippen LogP contribution is 2.02. The second-order valence-corrected chi connectivity index (χ2v) is 2.77. The van der Waals surface area contributed by atoms with Crippen LogP contribution < -0.4 is 22.1 Å². The van der Waals surface area contributed by atoms with Gasteiger partial charge < -0.3 is 5.11 Å². The average Bonchev–Trinajstić information content (AvgIpc) is 2.20. The molecule has 1 aliphatic rings. The minimum Gasteiger partial charge on any atom is -0.464 e. The molecule has 0 aromatic heterocycles. The molecule has 1 amide bonds. The van der Waals surface area contributed by atoms with Gasteiger partial charge in [-0.2, -0.15) is 0 Å². The van der Waals surface area contributed by atoms with E-state index in [4.69, 9.17) is 9.90 Å². The Balaban J connectivity index is 0.000000252. The third-order valence-electron chi connectivity index (χ3n) is 1.78. The highest BCUT2D eigenvalue weighted by Gasteiger charge is 2.07. The van der Waals surface area contributed by atoms with Crippen LogP contribution in [-0.2, 0) is 0 Å². The zero-order valence-electron chi connectivity index (χ0n) is 7.84. The minimum atomic E-state index is -1.22. The first-order valence-electron chi connectivity index (χ1n) is 4.38. The molecule has 0 bridgehead atoms. The summed E-state index contributed by atoms with van der Waals surface area (Å²) in [5.74, 6) is 4.32. The van der Waals surface area contributed by atoms with Gasteiger partial charge in [-0.25, -0.2) is 10.6 Å². The van der Waals surface area contributed by atoms with Gasteiger partial charge in [0.2, 0.25) is 0 Å². The van der Waals surface area contributed by atoms with Crippen molar-refractivity contribution < 1.29 is 9.90 Å². The summed E-state index contributed by atoms with van der Waals surface area (Å²) in [6.07, 6.45) is 2.69. The minimum absolute atomic E-state index is 0.726. The van der Waals surface area contributed by atoms with Crippen molar-refractivity contribution in [3.63, 3.8) is 0 Å². The second kappa shape index (κ2) is 7.78. The first-order chi connectivity index (χ1) is 6.20. The fraction of sp³-hybridized carbons (Fsp3) is 0.857. The van der Waals surface area contributed by atoms with Crippen LogP contribution in [0, 0.1) is 0 Å². The van der Waals surface area contributed by atoms with Crippen LogP contribution in [0.1, 0.15) is 26.2 Å². The molecule has 78 valence electrons. The van der Waals surface area contributed by atoms with Crippen LogP contribution in [0.15, 0.2) is 0 Å². The maximum absolute atomic E-state index is 9.13. The Labute approximate surface area is 77.8 Å². The Morgan fingerprint density at radius 1 is 1.77 bits per heavy atom. The van der Waals surface area contributed by atoms with E-state index in [-0.39, 0.29) is 0 Å². The Hall–Kier alpha value is -0.850. The Morgan fingerprint density at radius 2 is 2.38 bits per heavy atom. The van der Waals surface area contributed by atoms with Crippen LogP contribution in [0.4, 0.5) is 4.79 Å². The molecule has 0 saturated carbocycles. The lowest BCUT2D eigenvalue weighted by Crippen LogP contribution is -2.45. The van der Waals surface area contributed by atoms with Crippen molar-refractivity contribution in [1.29, 1.82) is 0 Å². The van der Waals surface area contributed by atoms with Crippen molar-refractivity contribution in [1.82, 2.24) is 16.3 Å². The zero-order valence-corrected chi connectivity index (χ0v) is 7.84. The maximum Gasteiger partial charge on any atom is 0.418 e. The van der Waals surface area contributed by atoms with E-state index in [1.54, 1.807) is 0 Å². The molecule has 1 unspecified atom stereocenters. The summed E-state index contributed by atoms with van der Waals surface area (Å²) in [5.41, 5.74) is 7.80. The number of hydrogen-bond donors (Lipinski definition) is 5. The highest BCUT2D eigenvalue weighted by atomic mass is 16.4. The average molecular weight is 190 g/mol. The number of nitrogens with two attached hydrogens (primary N) is 1. The maximum atomic E-state index is 9.13. The van der Waals surface area contributed by atoms with E-state index in [1.165, 1.54) is 24.7 Å². The Bertz CT molecular complexity index is 136. The largest absolute Gasteiger partial charge is 0.464 e. The molecule has 0 radical (unpaired) electrons. The highest BCUT2D eigenvalue weighted by molar-refractivity contribution is 5.63. The van der Waals surface area contributed by atoms with Gasteiger partial charge in [0.15, 0.2) is 0 Å². The van der Waals surface area contributed by atoms with Crippen LogP contribution in [-0.4, -0.2) is 23.8 Å². The van der Waals surface area contributed by atoms with Gasteiger partial charge in [0.25, 0.3) is 0 Å². The molecule has 6 N–H and O–H groups in total. The van der Waals surface area contributed by atoms with Gasteiger partial charge in [-0.1, -0.05) is 6.92 Å². The molecule has 1 fully saturated rings. The standard InChI is InChI=1S/C6H14N2.CH4N2O2/c1-2-6-4-3-5-7-8-6;2-3-1(4)5/h6-8H,2-5H2,1H3;3H,2H2,(H,4,5). The van der Waals surface area contributed by atoms with Crippen molar-refractivity contribution >= 4 is 6.09 Å². The van der Waals surface area contributed by atoms with E-state index < -0.39 is 6.09 Å². The molecule has 0 aromatic carbocycles. The molecule has 0 aromatic rings. The van der Waals surface area contributed by atoms with Crippen LogP contribution in [0.3, 0.4) is 0 Å². The van der Waals surface area contributed by atoms with Gasteiger partial charge in [-0.15, -0.1) is 0 Å². The van der Waals surface area contributed by atoms with E-state index in [0.29, 0.717) is 0 Å². The summed E-state index contributed by atoms with van der Waals surface area (Å²) in [7, 11) is 0.